The van der Waals surface area contributed by atoms with Gasteiger partial charge in [0.2, 0.25) is 0 Å². The van der Waals surface area contributed by atoms with Gasteiger partial charge in [0, 0.05) is 16.9 Å². The zero-order valence-electron chi connectivity index (χ0n) is 17.1. The second kappa shape index (κ2) is 7.63. The maximum absolute atomic E-state index is 6.30. The van der Waals surface area contributed by atoms with Crippen molar-refractivity contribution in [2.45, 2.75) is 75.5 Å². The molecule has 6 unspecified atom stereocenters. The van der Waals surface area contributed by atoms with E-state index in [0.29, 0.717) is 34.7 Å². The summed E-state index contributed by atoms with van der Waals surface area (Å²) in [5, 5.41) is 1.08. The highest BCUT2D eigenvalue weighted by Gasteiger charge is 2.50. The van der Waals surface area contributed by atoms with Crippen molar-refractivity contribution in [3.8, 4) is 5.75 Å². The van der Waals surface area contributed by atoms with E-state index in [4.69, 9.17) is 9.73 Å². The van der Waals surface area contributed by atoms with Gasteiger partial charge in [-0.15, -0.1) is 11.8 Å². The molecule has 4 aliphatic rings. The van der Waals surface area contributed by atoms with Gasteiger partial charge >= 0.3 is 0 Å². The summed E-state index contributed by atoms with van der Waals surface area (Å²) < 4.78 is 6.30. The fraction of sp³-hybridized carbons (Fsp3) is 0.682. The molecule has 1 aliphatic carbocycles. The predicted octanol–water partition coefficient (Wildman–Crippen LogP) is 3.61. The molecule has 6 atom stereocenters. The highest BCUT2D eigenvalue weighted by atomic mass is 32.2. The molecular weight excluding hydrogens is 368 g/mol. The van der Waals surface area contributed by atoms with E-state index in [-0.39, 0.29) is 6.17 Å². The lowest BCUT2D eigenvalue weighted by atomic mass is 9.84. The Morgan fingerprint density at radius 2 is 1.96 bits per heavy atom. The highest BCUT2D eigenvalue weighted by Crippen LogP contribution is 2.48. The number of hydrogen-bond acceptors (Lipinski definition) is 6. The second-order valence-electron chi connectivity index (χ2n) is 8.82. The molecule has 1 aromatic carbocycles. The van der Waals surface area contributed by atoms with E-state index in [0.717, 1.165) is 12.3 Å². The van der Waals surface area contributed by atoms with Gasteiger partial charge in [-0.2, -0.15) is 0 Å². The minimum absolute atomic E-state index is 0.267. The lowest BCUT2D eigenvalue weighted by molar-refractivity contribution is 0.161. The number of hydrogen-bond donors (Lipinski definition) is 2. The van der Waals surface area contributed by atoms with E-state index in [2.05, 4.69) is 72.6 Å². The number of fused-ring (bicyclic) bond motifs is 3. The number of nitrogens with zero attached hydrogens (tertiary/aromatic N) is 2. The molecule has 2 N–H and O–H groups in total. The Balaban J connectivity index is 1.47. The van der Waals surface area contributed by atoms with Crippen LogP contribution in [0.15, 0.2) is 29.3 Å². The third kappa shape index (κ3) is 3.28. The molecule has 3 fully saturated rings. The van der Waals surface area contributed by atoms with Crippen LogP contribution in [0.25, 0.3) is 0 Å². The van der Waals surface area contributed by atoms with Gasteiger partial charge in [0.1, 0.15) is 5.75 Å². The first-order valence-electron chi connectivity index (χ1n) is 10.9. The number of hydrazine groups is 1. The molecule has 5 rings (SSSR count). The smallest absolute Gasteiger partial charge is 0.120 e. The van der Waals surface area contributed by atoms with E-state index >= 15 is 0 Å². The van der Waals surface area contributed by atoms with Crippen LogP contribution < -0.4 is 15.6 Å². The molecule has 0 spiro atoms. The number of aliphatic imine (C=N–C) groups is 1. The van der Waals surface area contributed by atoms with Crippen molar-refractivity contribution < 1.29 is 4.74 Å². The molecule has 3 heterocycles. The lowest BCUT2D eigenvalue weighted by Gasteiger charge is -2.33. The number of rotatable bonds is 3. The summed E-state index contributed by atoms with van der Waals surface area (Å²) in [5.74, 6) is 2.04. The predicted molar refractivity (Wildman–Crippen MR) is 116 cm³/mol. The van der Waals surface area contributed by atoms with Crippen LogP contribution in [-0.4, -0.2) is 46.2 Å². The van der Waals surface area contributed by atoms with Crippen LogP contribution in [-0.2, 0) is 0 Å². The summed E-state index contributed by atoms with van der Waals surface area (Å²) in [4.78, 5) is 7.78. The van der Waals surface area contributed by atoms with E-state index in [1.807, 2.05) is 0 Å². The molecule has 0 radical (unpaired) electrons. The SMILES string of the molecule is CC1SC2C(C(c3cccc(OC4CCCC4)c3)=NCC3NNC(C)N32)C1C. The maximum atomic E-state index is 6.30. The largest absolute Gasteiger partial charge is 0.490 e. The maximum Gasteiger partial charge on any atom is 0.120 e. The lowest BCUT2D eigenvalue weighted by Crippen LogP contribution is -2.47. The molecule has 0 aromatic heterocycles. The normalized spacial score (nSPS) is 38.8. The monoisotopic (exact) mass is 400 g/mol. The van der Waals surface area contributed by atoms with Crippen molar-refractivity contribution >= 4 is 17.5 Å². The van der Waals surface area contributed by atoms with Crippen molar-refractivity contribution in [2.24, 2.45) is 16.8 Å². The number of thioether (sulfide) groups is 1. The fourth-order valence-corrected chi connectivity index (χ4v) is 7.17. The van der Waals surface area contributed by atoms with Crippen molar-refractivity contribution in [3.63, 3.8) is 0 Å². The van der Waals surface area contributed by atoms with Gasteiger partial charge in [-0.3, -0.25) is 9.89 Å². The van der Waals surface area contributed by atoms with Gasteiger partial charge in [0.15, 0.2) is 0 Å². The Kier molecular flexibility index (Phi) is 5.16. The first-order valence-corrected chi connectivity index (χ1v) is 11.8. The van der Waals surface area contributed by atoms with Crippen LogP contribution >= 0.6 is 11.8 Å². The Hall–Kier alpha value is -1.08. The quantitative estimate of drug-likeness (QED) is 0.812. The summed E-state index contributed by atoms with van der Waals surface area (Å²) in [6, 6.07) is 8.71. The van der Waals surface area contributed by atoms with Gasteiger partial charge in [-0.05, 0) is 56.2 Å². The molecule has 6 heteroatoms. The van der Waals surface area contributed by atoms with Crippen molar-refractivity contribution in [1.82, 2.24) is 15.8 Å². The fourth-order valence-electron chi connectivity index (χ4n) is 5.29. The molecule has 3 aliphatic heterocycles. The van der Waals surface area contributed by atoms with Gasteiger partial charge in [-0.25, -0.2) is 10.9 Å². The summed E-state index contributed by atoms with van der Waals surface area (Å²) in [5.41, 5.74) is 9.38. The van der Waals surface area contributed by atoms with Crippen LogP contribution in [0.4, 0.5) is 0 Å². The van der Waals surface area contributed by atoms with Crippen LogP contribution in [0.3, 0.4) is 0 Å². The first-order chi connectivity index (χ1) is 13.6. The summed E-state index contributed by atoms with van der Waals surface area (Å²) >= 11 is 2.11. The van der Waals surface area contributed by atoms with E-state index in [1.165, 1.54) is 37.0 Å². The molecule has 1 aromatic rings. The molecular formula is C22H32N4OS. The van der Waals surface area contributed by atoms with Gasteiger partial charge in [-0.1, -0.05) is 26.0 Å². The second-order valence-corrected chi connectivity index (χ2v) is 10.3. The van der Waals surface area contributed by atoms with Gasteiger partial charge in [0.05, 0.1) is 30.4 Å². The highest BCUT2D eigenvalue weighted by molar-refractivity contribution is 8.00. The molecule has 0 bridgehead atoms. The van der Waals surface area contributed by atoms with Gasteiger partial charge < -0.3 is 4.74 Å². The first kappa shape index (κ1) is 18.9. The summed E-state index contributed by atoms with van der Waals surface area (Å²) in [6.07, 6.45) is 5.95. The van der Waals surface area contributed by atoms with Crippen molar-refractivity contribution in [2.75, 3.05) is 6.54 Å². The minimum Gasteiger partial charge on any atom is -0.490 e. The number of nitrogens with one attached hydrogen (secondary N) is 2. The van der Waals surface area contributed by atoms with E-state index < -0.39 is 0 Å². The van der Waals surface area contributed by atoms with Crippen LogP contribution in [0.1, 0.15) is 52.0 Å². The third-order valence-electron chi connectivity index (χ3n) is 7.01. The number of benzene rings is 1. The zero-order valence-corrected chi connectivity index (χ0v) is 17.9. The van der Waals surface area contributed by atoms with E-state index in [9.17, 15) is 0 Å². The van der Waals surface area contributed by atoms with Crippen LogP contribution in [0.5, 0.6) is 5.75 Å². The average Bonchev–Trinajstić information content (AvgIpc) is 3.36. The molecule has 0 amide bonds. The standard InChI is InChI=1S/C22H32N4OS/c1-13-14(2)28-22-20(13)21(23-12-19-25-24-15(3)26(19)22)16-7-6-10-18(11-16)27-17-8-4-5-9-17/h6-7,10-11,13-15,17,19-20,22,24-25H,4-5,8-9,12H2,1-3H3. The molecule has 152 valence electrons. The zero-order chi connectivity index (χ0) is 19.3. The molecule has 5 nitrogen and oxygen atoms in total. The molecule has 2 saturated heterocycles. The van der Waals surface area contributed by atoms with Gasteiger partial charge in [0.25, 0.3) is 0 Å². The molecule has 1 saturated carbocycles. The number of ether oxygens (including phenoxy) is 1. The third-order valence-corrected chi connectivity index (χ3v) is 8.69. The topological polar surface area (TPSA) is 48.9 Å². The van der Waals surface area contributed by atoms with Crippen LogP contribution in [0, 0.1) is 11.8 Å². The summed E-state index contributed by atoms with van der Waals surface area (Å²) in [6.45, 7) is 7.81. The van der Waals surface area contributed by atoms with E-state index in [1.54, 1.807) is 0 Å². The summed E-state index contributed by atoms with van der Waals surface area (Å²) in [7, 11) is 0. The Labute approximate surface area is 172 Å². The van der Waals surface area contributed by atoms with Crippen molar-refractivity contribution in [3.05, 3.63) is 29.8 Å². The Morgan fingerprint density at radius 3 is 2.79 bits per heavy atom. The Morgan fingerprint density at radius 1 is 1.14 bits per heavy atom. The minimum atomic E-state index is 0.267. The molecule has 28 heavy (non-hydrogen) atoms. The van der Waals surface area contributed by atoms with Crippen molar-refractivity contribution in [1.29, 1.82) is 0 Å². The van der Waals surface area contributed by atoms with Crippen LogP contribution in [0.2, 0.25) is 0 Å². The Bertz CT molecular complexity index is 750. The average molecular weight is 401 g/mol.